The molecule has 2 aromatic heterocycles. The van der Waals surface area contributed by atoms with Crippen molar-refractivity contribution >= 4 is 26.1 Å². The van der Waals surface area contributed by atoms with Crippen LogP contribution in [0.1, 0.15) is 89.4 Å². The van der Waals surface area contributed by atoms with Gasteiger partial charge in [0.05, 0.1) is 28.6 Å². The van der Waals surface area contributed by atoms with E-state index in [1.54, 1.807) is 18.3 Å². The highest BCUT2D eigenvalue weighted by Crippen LogP contribution is 2.45. The van der Waals surface area contributed by atoms with Gasteiger partial charge in [-0.15, -0.1) is 0 Å². The highest BCUT2D eigenvalue weighted by molar-refractivity contribution is 6.48. The van der Waals surface area contributed by atoms with Crippen molar-refractivity contribution in [3.8, 4) is 11.8 Å². The van der Waals surface area contributed by atoms with Crippen molar-refractivity contribution in [3.63, 3.8) is 0 Å². The summed E-state index contributed by atoms with van der Waals surface area (Å²) in [6.45, 7) is 18.2. The van der Waals surface area contributed by atoms with Gasteiger partial charge in [-0.05, 0) is 95.1 Å². The molecule has 0 N–H and O–H groups in total. The number of benzene rings is 1. The molecule has 3 heterocycles. The molecule has 1 saturated heterocycles. The minimum atomic E-state index is -1.44. The van der Waals surface area contributed by atoms with Gasteiger partial charge in [0, 0.05) is 24.7 Å². The zero-order valence-corrected chi connectivity index (χ0v) is 28.1. The lowest BCUT2D eigenvalue weighted by Gasteiger charge is -2.33. The van der Waals surface area contributed by atoms with Crippen molar-refractivity contribution in [3.05, 3.63) is 53.0 Å². The van der Waals surface area contributed by atoms with Crippen LogP contribution in [0.5, 0.6) is 5.75 Å². The summed E-state index contributed by atoms with van der Waals surface area (Å²) in [5.41, 5.74) is 3.05. The molecule has 0 saturated carbocycles. The first-order valence-electron chi connectivity index (χ1n) is 15.3. The van der Waals surface area contributed by atoms with E-state index in [1.807, 2.05) is 37.8 Å². The number of hydrogen-bond donors (Lipinski definition) is 0. The van der Waals surface area contributed by atoms with Crippen LogP contribution in [0, 0.1) is 22.7 Å². The Labute approximate surface area is 257 Å². The molecule has 0 aliphatic carbocycles. The molecule has 1 fully saturated rings. The number of likely N-dealkylation sites (tertiary alicyclic amines) is 1. The number of piperidine rings is 1. The monoisotopic (exact) mass is 606 g/mol. The number of carbonyl (C=O) groups excluding carboxylic acids is 1. The summed E-state index contributed by atoms with van der Waals surface area (Å²) in [6.07, 6.45) is 4.73. The maximum absolute atomic E-state index is 12.5. The molecule has 10 heteroatoms. The van der Waals surface area contributed by atoms with E-state index in [2.05, 4.69) is 50.1 Å². The number of carbonyl (C=O) groups is 1. The second-order valence-electron chi connectivity index (χ2n) is 13.8. The number of rotatable bonds is 9. The van der Waals surface area contributed by atoms with Gasteiger partial charge in [0.25, 0.3) is 0 Å². The maximum Gasteiger partial charge on any atom is 0.410 e. The van der Waals surface area contributed by atoms with Crippen molar-refractivity contribution < 1.29 is 23.2 Å². The van der Waals surface area contributed by atoms with E-state index in [0.717, 1.165) is 48.0 Å². The Balaban J connectivity index is 1.54. The summed E-state index contributed by atoms with van der Waals surface area (Å²) in [6, 6.07) is 9.67. The average Bonchev–Trinajstić information content (AvgIpc) is 3.35. The fourth-order valence-electron chi connectivity index (χ4n) is 5.39. The van der Waals surface area contributed by atoms with Gasteiger partial charge < -0.3 is 23.3 Å². The third-order valence-electron chi connectivity index (χ3n) is 7.56. The lowest BCUT2D eigenvalue weighted by molar-refractivity contribution is 0.0181. The molecule has 4 rings (SSSR count). The van der Waals surface area contributed by atoms with Crippen molar-refractivity contribution in [2.24, 2.45) is 11.3 Å². The minimum absolute atomic E-state index is 0.217. The summed E-state index contributed by atoms with van der Waals surface area (Å²) in [5.74, 6) is 1.19. The maximum atomic E-state index is 12.5. The first-order valence-corrected chi connectivity index (χ1v) is 18.1. The molecule has 0 bridgehead atoms. The predicted molar refractivity (Wildman–Crippen MR) is 168 cm³/mol. The highest BCUT2D eigenvalue weighted by Gasteiger charge is 2.34. The Morgan fingerprint density at radius 3 is 2.44 bits per heavy atom. The summed E-state index contributed by atoms with van der Waals surface area (Å²) < 4.78 is 24.6. The van der Waals surface area contributed by atoms with E-state index in [4.69, 9.17) is 23.7 Å². The van der Waals surface area contributed by atoms with Crippen LogP contribution < -0.4 is 4.74 Å². The van der Waals surface area contributed by atoms with E-state index in [0.29, 0.717) is 35.9 Å². The zero-order valence-electron chi connectivity index (χ0n) is 26.9. The van der Waals surface area contributed by atoms with Crippen LogP contribution in [0.3, 0.4) is 0 Å². The topological polar surface area (TPSA) is 111 Å². The predicted octanol–water partition coefficient (Wildman–Crippen LogP) is 7.34. The molecule has 43 heavy (non-hydrogen) atoms. The largest absolute Gasteiger partial charge is 0.487 e. The highest BCUT2D eigenvalue weighted by atomic mass is 28.3. The molecule has 1 aliphatic rings. The Hall–Kier alpha value is -3.42. The van der Waals surface area contributed by atoms with Crippen molar-refractivity contribution in [1.82, 2.24) is 15.0 Å². The van der Waals surface area contributed by atoms with Gasteiger partial charge >= 0.3 is 6.09 Å². The molecular weight excluding hydrogens is 560 g/mol. The van der Waals surface area contributed by atoms with Gasteiger partial charge in [-0.2, -0.15) is 5.26 Å². The van der Waals surface area contributed by atoms with Gasteiger partial charge in [0.1, 0.15) is 24.0 Å². The van der Waals surface area contributed by atoms with E-state index >= 15 is 0 Å². The lowest BCUT2D eigenvalue weighted by atomic mass is 9.83. The van der Waals surface area contributed by atoms with Crippen molar-refractivity contribution in [2.45, 2.75) is 98.6 Å². The quantitative estimate of drug-likeness (QED) is 0.233. The van der Waals surface area contributed by atoms with Gasteiger partial charge in [-0.1, -0.05) is 25.9 Å². The van der Waals surface area contributed by atoms with E-state index in [-0.39, 0.29) is 24.2 Å². The zero-order chi connectivity index (χ0) is 31.4. The van der Waals surface area contributed by atoms with Crippen LogP contribution in [-0.4, -0.2) is 48.9 Å². The summed E-state index contributed by atoms with van der Waals surface area (Å²) in [5, 5.41) is 14.6. The fourth-order valence-corrected chi connectivity index (χ4v) is 6.48. The number of ether oxygens (including phenoxy) is 2. The number of pyridine rings is 1. The van der Waals surface area contributed by atoms with E-state index < -0.39 is 14.6 Å². The Morgan fingerprint density at radius 1 is 1.14 bits per heavy atom. The van der Waals surface area contributed by atoms with Gasteiger partial charge in [-0.25, -0.2) is 4.79 Å². The first-order chi connectivity index (χ1) is 20.2. The number of aromatic nitrogens is 2. The first kappa shape index (κ1) is 32.5. The van der Waals surface area contributed by atoms with Crippen molar-refractivity contribution in [2.75, 3.05) is 13.1 Å². The number of amides is 1. The SMILES string of the molecule is C[SiH](C)OC(c1c(OCc2ccc(C#N)cn2)ccc2c(CCC3CCN(C(=O)OC(C)(C)C)CC3)noc12)C(C)(C)C. The number of fused-ring (bicyclic) bond motifs is 1. The average molecular weight is 607 g/mol. The molecule has 0 spiro atoms. The van der Waals surface area contributed by atoms with Crippen LogP contribution in [0.25, 0.3) is 11.0 Å². The molecule has 232 valence electrons. The number of aryl methyl sites for hydroxylation is 1. The number of hydrogen-bond acceptors (Lipinski definition) is 8. The molecule has 1 amide bonds. The summed E-state index contributed by atoms with van der Waals surface area (Å²) in [4.78, 5) is 18.6. The van der Waals surface area contributed by atoms with Gasteiger partial charge in [0.15, 0.2) is 14.6 Å². The molecule has 1 aromatic carbocycles. The summed E-state index contributed by atoms with van der Waals surface area (Å²) in [7, 11) is -1.44. The molecule has 1 atom stereocenters. The lowest BCUT2D eigenvalue weighted by Crippen LogP contribution is -2.41. The van der Waals surface area contributed by atoms with Crippen LogP contribution in [0.2, 0.25) is 13.1 Å². The standard InChI is InChI=1S/C33H46N4O5Si/c1-32(2,3)30(42-43(7)8)28-27(39-21-24-11-9-23(19-34)20-35-24)14-12-25-26(36-41-29(25)28)13-10-22-15-17-37(18-16-22)31(38)40-33(4,5)6/h9,11-12,14,20,22,30,43H,10,13,15-18,21H2,1-8H3. The Kier molecular flexibility index (Phi) is 10.2. The minimum Gasteiger partial charge on any atom is -0.487 e. The van der Waals surface area contributed by atoms with Crippen LogP contribution in [0.4, 0.5) is 4.79 Å². The normalized spacial score (nSPS) is 15.5. The number of nitrogens with zero attached hydrogens (tertiary/aromatic N) is 4. The molecule has 1 aliphatic heterocycles. The number of nitriles is 1. The van der Waals surface area contributed by atoms with E-state index in [9.17, 15) is 4.79 Å². The van der Waals surface area contributed by atoms with Gasteiger partial charge in [-0.3, -0.25) is 4.98 Å². The van der Waals surface area contributed by atoms with Crippen LogP contribution >= 0.6 is 0 Å². The van der Waals surface area contributed by atoms with E-state index in [1.165, 1.54) is 0 Å². The third-order valence-corrected chi connectivity index (χ3v) is 8.37. The second kappa shape index (κ2) is 13.5. The van der Waals surface area contributed by atoms with Crippen molar-refractivity contribution in [1.29, 1.82) is 5.26 Å². The second-order valence-corrected chi connectivity index (χ2v) is 16.2. The van der Waals surface area contributed by atoms with Crippen LogP contribution in [0.15, 0.2) is 35.0 Å². The van der Waals surface area contributed by atoms with Gasteiger partial charge in [0.2, 0.25) is 0 Å². The van der Waals surface area contributed by atoms with Crippen LogP contribution in [-0.2, 0) is 22.2 Å². The molecule has 1 unspecified atom stereocenters. The Bertz CT molecular complexity index is 1420. The molecular formula is C33H46N4O5Si. The molecule has 3 aromatic rings. The molecule has 9 nitrogen and oxygen atoms in total. The summed E-state index contributed by atoms with van der Waals surface area (Å²) >= 11 is 0. The Morgan fingerprint density at radius 2 is 1.86 bits per heavy atom. The molecule has 0 radical (unpaired) electrons. The fraction of sp³-hybridized carbons (Fsp3) is 0.576. The third kappa shape index (κ3) is 8.58. The smallest absolute Gasteiger partial charge is 0.410 e.